The van der Waals surface area contributed by atoms with Gasteiger partial charge in [0, 0.05) is 31.8 Å². The third kappa shape index (κ3) is 3.46. The van der Waals surface area contributed by atoms with Crippen molar-refractivity contribution in [3.8, 4) is 0 Å². The first kappa shape index (κ1) is 12.4. The molecule has 0 saturated heterocycles. The number of ketones is 2. The van der Waals surface area contributed by atoms with E-state index >= 15 is 0 Å². The second kappa shape index (κ2) is 5.39. The van der Waals surface area contributed by atoms with Crippen LogP contribution in [-0.2, 0) is 16.6 Å². The highest BCUT2D eigenvalue weighted by Crippen LogP contribution is 2.04. The first-order chi connectivity index (χ1) is 7.50. The molecule has 0 aliphatic carbocycles. The molecule has 1 aromatic heterocycles. The average molecular weight is 220 g/mol. The lowest BCUT2D eigenvalue weighted by Crippen LogP contribution is -1.99. The van der Waals surface area contributed by atoms with Gasteiger partial charge >= 0.3 is 0 Å². The zero-order chi connectivity index (χ0) is 12.1. The number of carbonyl (C=O) groups is 2. The maximum Gasteiger partial charge on any atom is 0.156 e. The standard InChI is InChI=1S/C12H16N2O2/c1-9-8-13-12(14(9)3)7-6-11(16)5-4-10(2)15/h6-8H,4-5H2,1-3H3/b7-6+. The number of Topliss-reactive ketones (excluding diaryl/α,β-unsaturated/α-hetero) is 1. The van der Waals surface area contributed by atoms with Gasteiger partial charge in [-0.1, -0.05) is 0 Å². The molecule has 0 N–H and O–H groups in total. The number of imidazole rings is 1. The molecule has 0 amide bonds. The Balaban J connectivity index is 2.57. The Morgan fingerprint density at radius 2 is 2.12 bits per heavy atom. The van der Waals surface area contributed by atoms with Crippen LogP contribution in [0.25, 0.3) is 6.08 Å². The zero-order valence-electron chi connectivity index (χ0n) is 9.86. The third-order valence-electron chi connectivity index (χ3n) is 2.40. The lowest BCUT2D eigenvalue weighted by atomic mass is 10.1. The SMILES string of the molecule is CC(=O)CCC(=O)/C=C/c1ncc(C)n1C. The molecule has 0 bridgehead atoms. The van der Waals surface area contributed by atoms with Gasteiger partial charge in [-0.25, -0.2) is 4.98 Å². The van der Waals surface area contributed by atoms with E-state index in [-0.39, 0.29) is 18.0 Å². The van der Waals surface area contributed by atoms with Gasteiger partial charge in [0.2, 0.25) is 0 Å². The van der Waals surface area contributed by atoms with Crippen LogP contribution in [0.15, 0.2) is 12.3 Å². The number of aryl methyl sites for hydroxylation is 1. The molecule has 1 aromatic rings. The molecule has 16 heavy (non-hydrogen) atoms. The molecule has 0 atom stereocenters. The monoisotopic (exact) mass is 220 g/mol. The molecule has 0 saturated carbocycles. The first-order valence-electron chi connectivity index (χ1n) is 5.19. The van der Waals surface area contributed by atoms with Crippen molar-refractivity contribution in [2.45, 2.75) is 26.7 Å². The Hall–Kier alpha value is -1.71. The van der Waals surface area contributed by atoms with Gasteiger partial charge in [0.25, 0.3) is 0 Å². The van der Waals surface area contributed by atoms with Gasteiger partial charge in [-0.05, 0) is 26.0 Å². The lowest BCUT2D eigenvalue weighted by molar-refractivity contribution is -0.120. The number of allylic oxidation sites excluding steroid dienone is 1. The molecule has 4 nitrogen and oxygen atoms in total. The number of hydrogen-bond donors (Lipinski definition) is 0. The van der Waals surface area contributed by atoms with E-state index < -0.39 is 0 Å². The molecular formula is C12H16N2O2. The predicted octanol–water partition coefficient (Wildman–Crippen LogP) is 1.68. The van der Waals surface area contributed by atoms with Crippen molar-refractivity contribution in [3.05, 3.63) is 23.8 Å². The Morgan fingerprint density at radius 3 is 2.62 bits per heavy atom. The predicted molar refractivity (Wildman–Crippen MR) is 61.9 cm³/mol. The van der Waals surface area contributed by atoms with Gasteiger partial charge in [0.1, 0.15) is 11.6 Å². The van der Waals surface area contributed by atoms with Crippen LogP contribution in [0.5, 0.6) is 0 Å². The van der Waals surface area contributed by atoms with Crippen molar-refractivity contribution in [1.29, 1.82) is 0 Å². The first-order valence-corrected chi connectivity index (χ1v) is 5.19. The van der Waals surface area contributed by atoms with Crippen LogP contribution in [0.4, 0.5) is 0 Å². The number of hydrogen-bond acceptors (Lipinski definition) is 3. The van der Waals surface area contributed by atoms with Crippen LogP contribution in [0.1, 0.15) is 31.3 Å². The van der Waals surface area contributed by atoms with E-state index in [9.17, 15) is 9.59 Å². The van der Waals surface area contributed by atoms with Crippen molar-refractivity contribution in [3.63, 3.8) is 0 Å². The topological polar surface area (TPSA) is 52.0 Å². The summed E-state index contributed by atoms with van der Waals surface area (Å²) in [5.74, 6) is 0.735. The lowest BCUT2D eigenvalue weighted by Gasteiger charge is -1.97. The molecule has 0 fully saturated rings. The quantitative estimate of drug-likeness (QED) is 0.709. The number of rotatable bonds is 5. The van der Waals surface area contributed by atoms with E-state index in [1.165, 1.54) is 13.0 Å². The molecule has 0 aliphatic rings. The van der Waals surface area contributed by atoms with E-state index in [1.54, 1.807) is 12.3 Å². The molecule has 0 aliphatic heterocycles. The van der Waals surface area contributed by atoms with E-state index in [0.29, 0.717) is 6.42 Å². The molecule has 0 aromatic carbocycles. The number of aromatic nitrogens is 2. The maximum atomic E-state index is 11.4. The molecular weight excluding hydrogens is 204 g/mol. The van der Waals surface area contributed by atoms with Crippen molar-refractivity contribution < 1.29 is 9.59 Å². The molecule has 0 spiro atoms. The molecule has 1 rings (SSSR count). The summed E-state index contributed by atoms with van der Waals surface area (Å²) in [6, 6.07) is 0. The second-order valence-corrected chi connectivity index (χ2v) is 3.82. The Bertz CT molecular complexity index is 430. The molecule has 1 heterocycles. The Kier molecular flexibility index (Phi) is 4.17. The van der Waals surface area contributed by atoms with Crippen molar-refractivity contribution in [1.82, 2.24) is 9.55 Å². The van der Waals surface area contributed by atoms with Crippen molar-refractivity contribution in [2.75, 3.05) is 0 Å². The highest BCUT2D eigenvalue weighted by molar-refractivity contribution is 5.95. The van der Waals surface area contributed by atoms with Crippen LogP contribution in [-0.4, -0.2) is 21.1 Å². The normalized spacial score (nSPS) is 10.9. The highest BCUT2D eigenvalue weighted by Gasteiger charge is 2.02. The van der Waals surface area contributed by atoms with E-state index in [2.05, 4.69) is 4.98 Å². The van der Waals surface area contributed by atoms with Crippen LogP contribution in [0.3, 0.4) is 0 Å². The summed E-state index contributed by atoms with van der Waals surface area (Å²) in [6.07, 6.45) is 5.48. The van der Waals surface area contributed by atoms with Crippen LogP contribution < -0.4 is 0 Å². The Labute approximate surface area is 95.0 Å². The molecule has 86 valence electrons. The summed E-state index contributed by atoms with van der Waals surface area (Å²) in [5, 5.41) is 0. The van der Waals surface area contributed by atoms with Gasteiger partial charge in [-0.3, -0.25) is 4.79 Å². The highest BCUT2D eigenvalue weighted by atomic mass is 16.1. The van der Waals surface area contributed by atoms with Gasteiger partial charge in [0.15, 0.2) is 5.78 Å². The minimum atomic E-state index is -0.0455. The second-order valence-electron chi connectivity index (χ2n) is 3.82. The van der Waals surface area contributed by atoms with Gasteiger partial charge in [-0.15, -0.1) is 0 Å². The van der Waals surface area contributed by atoms with Crippen LogP contribution >= 0.6 is 0 Å². The number of carbonyl (C=O) groups excluding carboxylic acids is 2. The maximum absolute atomic E-state index is 11.4. The summed E-state index contributed by atoms with van der Waals surface area (Å²) >= 11 is 0. The van der Waals surface area contributed by atoms with Crippen molar-refractivity contribution >= 4 is 17.6 Å². The summed E-state index contributed by atoms with van der Waals surface area (Å²) in [5.41, 5.74) is 1.04. The molecule has 0 unspecified atom stereocenters. The van der Waals surface area contributed by atoms with Gasteiger partial charge in [-0.2, -0.15) is 0 Å². The summed E-state index contributed by atoms with van der Waals surface area (Å²) < 4.78 is 1.90. The van der Waals surface area contributed by atoms with E-state index in [0.717, 1.165) is 11.5 Å². The van der Waals surface area contributed by atoms with Crippen molar-refractivity contribution in [2.24, 2.45) is 7.05 Å². The third-order valence-corrected chi connectivity index (χ3v) is 2.40. The summed E-state index contributed by atoms with van der Waals surface area (Å²) in [6.45, 7) is 3.43. The smallest absolute Gasteiger partial charge is 0.156 e. The summed E-state index contributed by atoms with van der Waals surface area (Å²) in [7, 11) is 1.89. The molecule has 4 heteroatoms. The fourth-order valence-corrected chi connectivity index (χ4v) is 1.22. The number of nitrogens with zero attached hydrogens (tertiary/aromatic N) is 2. The largest absolute Gasteiger partial charge is 0.332 e. The minimum absolute atomic E-state index is 0.0367. The summed E-state index contributed by atoms with van der Waals surface area (Å²) in [4.78, 5) is 26.2. The van der Waals surface area contributed by atoms with Crippen LogP contribution in [0, 0.1) is 6.92 Å². The van der Waals surface area contributed by atoms with Gasteiger partial charge < -0.3 is 9.36 Å². The zero-order valence-corrected chi connectivity index (χ0v) is 9.86. The fourth-order valence-electron chi connectivity index (χ4n) is 1.22. The minimum Gasteiger partial charge on any atom is -0.332 e. The van der Waals surface area contributed by atoms with E-state index in [4.69, 9.17) is 0 Å². The fraction of sp³-hybridized carbons (Fsp3) is 0.417. The average Bonchev–Trinajstić information content (AvgIpc) is 2.54. The Morgan fingerprint density at radius 1 is 1.44 bits per heavy atom. The van der Waals surface area contributed by atoms with Gasteiger partial charge in [0.05, 0.1) is 0 Å². The van der Waals surface area contributed by atoms with Crippen LogP contribution in [0.2, 0.25) is 0 Å². The molecule has 0 radical (unpaired) electrons. The van der Waals surface area contributed by atoms with E-state index in [1.807, 2.05) is 18.5 Å².